The van der Waals surface area contributed by atoms with Crippen LogP contribution in [0.1, 0.15) is 69.3 Å². The standard InChI is InChI=1S/C23H34N2O3/c1-17(2)20(26)24(5)14-18-8-10-19(11-9-18)21(27)25-15-22(3,4)28-23(16-25)12-6-7-13-23/h8-11,17H,6-7,12-16H2,1-5H3. The van der Waals surface area contributed by atoms with E-state index < -0.39 is 0 Å². The Balaban J connectivity index is 1.69. The van der Waals surface area contributed by atoms with Gasteiger partial charge in [0.15, 0.2) is 0 Å². The number of ether oxygens (including phenoxy) is 1. The van der Waals surface area contributed by atoms with E-state index in [-0.39, 0.29) is 28.9 Å². The predicted molar refractivity (Wildman–Crippen MR) is 110 cm³/mol. The monoisotopic (exact) mass is 386 g/mol. The molecule has 2 fully saturated rings. The van der Waals surface area contributed by atoms with Crippen LogP contribution in [0.25, 0.3) is 0 Å². The van der Waals surface area contributed by atoms with E-state index in [4.69, 9.17) is 4.74 Å². The number of amides is 2. The van der Waals surface area contributed by atoms with Gasteiger partial charge < -0.3 is 14.5 Å². The SMILES string of the molecule is CC(C)C(=O)N(C)Cc1ccc(C(=O)N2CC(C)(C)OC3(CCCC3)C2)cc1. The lowest BCUT2D eigenvalue weighted by Crippen LogP contribution is -2.60. The normalized spacial score (nSPS) is 20.6. The maximum Gasteiger partial charge on any atom is 0.254 e. The molecule has 28 heavy (non-hydrogen) atoms. The molecule has 1 saturated carbocycles. The molecular weight excluding hydrogens is 352 g/mol. The summed E-state index contributed by atoms with van der Waals surface area (Å²) in [6, 6.07) is 7.67. The zero-order valence-corrected chi connectivity index (χ0v) is 18.0. The lowest BCUT2D eigenvalue weighted by Gasteiger charge is -2.48. The molecule has 0 atom stereocenters. The number of nitrogens with zero attached hydrogens (tertiary/aromatic N) is 2. The van der Waals surface area contributed by atoms with Gasteiger partial charge in [-0.15, -0.1) is 0 Å². The fourth-order valence-electron chi connectivity index (χ4n) is 4.67. The van der Waals surface area contributed by atoms with Gasteiger partial charge in [0.1, 0.15) is 0 Å². The third-order valence-electron chi connectivity index (χ3n) is 5.84. The molecule has 2 aliphatic rings. The maximum atomic E-state index is 13.2. The molecule has 3 rings (SSSR count). The van der Waals surface area contributed by atoms with Crippen LogP contribution in [0.2, 0.25) is 0 Å². The summed E-state index contributed by atoms with van der Waals surface area (Å²) < 4.78 is 6.41. The van der Waals surface area contributed by atoms with Gasteiger partial charge in [0.25, 0.3) is 5.91 Å². The molecule has 1 aromatic carbocycles. The maximum absolute atomic E-state index is 13.2. The van der Waals surface area contributed by atoms with Crippen LogP contribution < -0.4 is 0 Å². The van der Waals surface area contributed by atoms with Crippen molar-refractivity contribution in [2.45, 2.75) is 71.1 Å². The molecule has 0 radical (unpaired) electrons. The van der Waals surface area contributed by atoms with Crippen LogP contribution in [-0.2, 0) is 16.1 Å². The van der Waals surface area contributed by atoms with Gasteiger partial charge in [-0.25, -0.2) is 0 Å². The summed E-state index contributed by atoms with van der Waals surface area (Å²) in [6.45, 7) is 9.82. The molecule has 1 spiro atoms. The van der Waals surface area contributed by atoms with Crippen molar-refractivity contribution < 1.29 is 14.3 Å². The minimum atomic E-state index is -0.321. The van der Waals surface area contributed by atoms with Gasteiger partial charge in [-0.2, -0.15) is 0 Å². The first kappa shape index (κ1) is 20.8. The predicted octanol–water partition coefficient (Wildman–Crippen LogP) is 3.86. The van der Waals surface area contributed by atoms with Crippen molar-refractivity contribution in [3.63, 3.8) is 0 Å². The third kappa shape index (κ3) is 4.57. The second kappa shape index (κ2) is 7.86. The van der Waals surface area contributed by atoms with E-state index in [0.717, 1.165) is 18.4 Å². The zero-order chi connectivity index (χ0) is 20.5. The van der Waals surface area contributed by atoms with E-state index in [2.05, 4.69) is 13.8 Å². The van der Waals surface area contributed by atoms with E-state index in [1.165, 1.54) is 12.8 Å². The molecule has 1 aromatic rings. The molecule has 154 valence electrons. The van der Waals surface area contributed by atoms with E-state index >= 15 is 0 Å². The molecule has 5 nitrogen and oxygen atoms in total. The summed E-state index contributed by atoms with van der Waals surface area (Å²) in [6.07, 6.45) is 4.43. The molecule has 0 N–H and O–H groups in total. The van der Waals surface area contributed by atoms with Gasteiger partial charge in [0, 0.05) is 31.6 Å². The second-order valence-corrected chi connectivity index (χ2v) is 9.46. The number of morpholine rings is 1. The van der Waals surface area contributed by atoms with Crippen molar-refractivity contribution in [2.75, 3.05) is 20.1 Å². The van der Waals surface area contributed by atoms with Crippen molar-refractivity contribution in [3.8, 4) is 0 Å². The molecular formula is C23H34N2O3. The minimum Gasteiger partial charge on any atom is -0.365 e. The molecule has 1 aliphatic carbocycles. The largest absolute Gasteiger partial charge is 0.365 e. The van der Waals surface area contributed by atoms with E-state index in [1.54, 1.807) is 4.90 Å². The molecule has 1 heterocycles. The summed E-state index contributed by atoms with van der Waals surface area (Å²) >= 11 is 0. The van der Waals surface area contributed by atoms with E-state index in [0.29, 0.717) is 25.2 Å². The molecule has 0 aromatic heterocycles. The van der Waals surface area contributed by atoms with Gasteiger partial charge in [-0.1, -0.05) is 38.8 Å². The van der Waals surface area contributed by atoms with Crippen LogP contribution in [0.5, 0.6) is 0 Å². The summed E-state index contributed by atoms with van der Waals surface area (Å²) in [5, 5.41) is 0. The van der Waals surface area contributed by atoms with Crippen molar-refractivity contribution in [1.82, 2.24) is 9.80 Å². The Morgan fingerprint density at radius 1 is 1.11 bits per heavy atom. The summed E-state index contributed by atoms with van der Waals surface area (Å²) in [5.41, 5.74) is 1.24. The summed E-state index contributed by atoms with van der Waals surface area (Å²) in [7, 11) is 1.82. The van der Waals surface area contributed by atoms with Crippen LogP contribution in [0.3, 0.4) is 0 Å². The highest BCUT2D eigenvalue weighted by Gasteiger charge is 2.47. The molecule has 1 aliphatic heterocycles. The Bertz CT molecular complexity index is 718. The quantitative estimate of drug-likeness (QED) is 0.789. The first-order chi connectivity index (χ1) is 13.1. The highest BCUT2D eigenvalue weighted by molar-refractivity contribution is 5.94. The van der Waals surface area contributed by atoms with Gasteiger partial charge in [0.05, 0.1) is 17.7 Å². The first-order valence-electron chi connectivity index (χ1n) is 10.4. The van der Waals surface area contributed by atoms with Crippen molar-refractivity contribution in [2.24, 2.45) is 5.92 Å². The number of hydrogen-bond donors (Lipinski definition) is 0. The Hall–Kier alpha value is -1.88. The van der Waals surface area contributed by atoms with E-state index in [1.807, 2.05) is 50.1 Å². The van der Waals surface area contributed by atoms with Crippen LogP contribution in [0.4, 0.5) is 0 Å². The average Bonchev–Trinajstić information content (AvgIpc) is 3.06. The van der Waals surface area contributed by atoms with Crippen molar-refractivity contribution >= 4 is 11.8 Å². The van der Waals surface area contributed by atoms with Crippen LogP contribution in [-0.4, -0.2) is 53.0 Å². The zero-order valence-electron chi connectivity index (χ0n) is 18.0. The molecule has 0 bridgehead atoms. The fraction of sp³-hybridized carbons (Fsp3) is 0.652. The summed E-state index contributed by atoms with van der Waals surface area (Å²) in [5.74, 6) is 0.178. The van der Waals surface area contributed by atoms with Crippen LogP contribution in [0.15, 0.2) is 24.3 Å². The van der Waals surface area contributed by atoms with Crippen molar-refractivity contribution in [3.05, 3.63) is 35.4 Å². The Kier molecular flexibility index (Phi) is 5.85. The Morgan fingerprint density at radius 2 is 1.71 bits per heavy atom. The van der Waals surface area contributed by atoms with Crippen molar-refractivity contribution in [1.29, 1.82) is 0 Å². The van der Waals surface area contributed by atoms with Gasteiger partial charge in [-0.05, 0) is 44.4 Å². The Labute approximate surface area is 169 Å². The third-order valence-corrected chi connectivity index (χ3v) is 5.84. The van der Waals surface area contributed by atoms with Gasteiger partial charge in [-0.3, -0.25) is 9.59 Å². The van der Waals surface area contributed by atoms with E-state index in [9.17, 15) is 9.59 Å². The number of hydrogen-bond acceptors (Lipinski definition) is 3. The first-order valence-corrected chi connectivity index (χ1v) is 10.4. The lowest BCUT2D eigenvalue weighted by atomic mass is 9.93. The summed E-state index contributed by atoms with van der Waals surface area (Å²) in [4.78, 5) is 28.9. The molecule has 0 unspecified atom stereocenters. The number of benzene rings is 1. The number of rotatable bonds is 4. The lowest BCUT2D eigenvalue weighted by molar-refractivity contribution is -0.184. The highest BCUT2D eigenvalue weighted by Crippen LogP contribution is 2.40. The molecule has 5 heteroatoms. The van der Waals surface area contributed by atoms with Gasteiger partial charge in [0.2, 0.25) is 5.91 Å². The smallest absolute Gasteiger partial charge is 0.254 e. The van der Waals surface area contributed by atoms with Gasteiger partial charge >= 0.3 is 0 Å². The number of carbonyl (C=O) groups is 2. The molecule has 1 saturated heterocycles. The fourth-order valence-corrected chi connectivity index (χ4v) is 4.67. The second-order valence-electron chi connectivity index (χ2n) is 9.46. The Morgan fingerprint density at radius 3 is 2.29 bits per heavy atom. The van der Waals surface area contributed by atoms with Crippen LogP contribution >= 0.6 is 0 Å². The average molecular weight is 387 g/mol. The molecule has 2 amide bonds. The van der Waals surface area contributed by atoms with Crippen LogP contribution in [0, 0.1) is 5.92 Å². The minimum absolute atomic E-state index is 0.0153. The number of carbonyl (C=O) groups excluding carboxylic acids is 2. The topological polar surface area (TPSA) is 49.9 Å². The highest BCUT2D eigenvalue weighted by atomic mass is 16.5.